The maximum atomic E-state index is 13.3. The van der Waals surface area contributed by atoms with Gasteiger partial charge in [-0.15, -0.1) is 0 Å². The van der Waals surface area contributed by atoms with Gasteiger partial charge in [0.1, 0.15) is 5.69 Å². The highest BCUT2D eigenvalue weighted by molar-refractivity contribution is 5.50. The number of rotatable bonds is 1. The van der Waals surface area contributed by atoms with Gasteiger partial charge in [-0.05, 0) is 18.2 Å². The van der Waals surface area contributed by atoms with E-state index >= 15 is 0 Å². The second-order valence-electron chi connectivity index (χ2n) is 2.75. The molecule has 0 amide bonds. The Bertz CT molecular complexity index is 425. The monoisotopic (exact) mass is 190 g/mol. The largest absolute Gasteiger partial charge is 0.618 e. The number of halogens is 1. The van der Waals surface area contributed by atoms with Gasteiger partial charge in [-0.3, -0.25) is 0 Å². The van der Waals surface area contributed by atoms with E-state index in [1.54, 1.807) is 18.2 Å². The molecule has 0 atom stereocenters. The van der Waals surface area contributed by atoms with Crippen LogP contribution in [0.3, 0.4) is 0 Å². The lowest BCUT2D eigenvalue weighted by atomic mass is 10.2. The zero-order valence-electron chi connectivity index (χ0n) is 7.22. The molecular formula is C10H7FN2O. The van der Waals surface area contributed by atoms with E-state index in [0.29, 0.717) is 10.4 Å². The first-order chi connectivity index (χ1) is 6.79. The molecule has 2 aromatic heterocycles. The Labute approximate surface area is 80.1 Å². The molecule has 4 heteroatoms. The Balaban J connectivity index is 2.63. The molecule has 0 bridgehead atoms. The number of pyridine rings is 2. The average Bonchev–Trinajstić information content (AvgIpc) is 2.19. The summed E-state index contributed by atoms with van der Waals surface area (Å²) in [4.78, 5) is 3.91. The van der Waals surface area contributed by atoms with Gasteiger partial charge in [-0.1, -0.05) is 6.07 Å². The summed E-state index contributed by atoms with van der Waals surface area (Å²) in [7, 11) is 0. The van der Waals surface area contributed by atoms with Crippen LogP contribution >= 0.6 is 0 Å². The molecule has 0 unspecified atom stereocenters. The summed E-state index contributed by atoms with van der Waals surface area (Å²) in [6, 6.07) is 7.59. The zero-order chi connectivity index (χ0) is 9.97. The Hall–Kier alpha value is -1.97. The molecule has 0 N–H and O–H groups in total. The number of nitrogens with zero attached hydrogens (tertiary/aromatic N) is 2. The van der Waals surface area contributed by atoms with Crippen LogP contribution in [-0.4, -0.2) is 4.98 Å². The summed E-state index contributed by atoms with van der Waals surface area (Å²) in [6.45, 7) is 0. The van der Waals surface area contributed by atoms with E-state index in [1.165, 1.54) is 24.5 Å². The fourth-order valence-electron chi connectivity index (χ4n) is 1.20. The van der Waals surface area contributed by atoms with Gasteiger partial charge in [0.25, 0.3) is 5.69 Å². The highest BCUT2D eigenvalue weighted by Crippen LogP contribution is 2.14. The fourth-order valence-corrected chi connectivity index (χ4v) is 1.20. The third kappa shape index (κ3) is 1.42. The molecule has 3 nitrogen and oxygen atoms in total. The minimum atomic E-state index is -0.568. The molecule has 2 rings (SSSR count). The van der Waals surface area contributed by atoms with E-state index in [9.17, 15) is 9.60 Å². The summed E-state index contributed by atoms with van der Waals surface area (Å²) in [5.41, 5.74) is 0.286. The minimum Gasteiger partial charge on any atom is -0.618 e. The van der Waals surface area contributed by atoms with Gasteiger partial charge in [-0.2, -0.15) is 9.12 Å². The van der Waals surface area contributed by atoms with Crippen LogP contribution < -0.4 is 4.73 Å². The lowest BCUT2D eigenvalue weighted by molar-refractivity contribution is -0.595. The van der Waals surface area contributed by atoms with Gasteiger partial charge in [0.05, 0.1) is 0 Å². The van der Waals surface area contributed by atoms with Crippen molar-refractivity contribution in [2.75, 3.05) is 0 Å². The van der Waals surface area contributed by atoms with Crippen molar-refractivity contribution < 1.29 is 9.12 Å². The highest BCUT2D eigenvalue weighted by atomic mass is 19.1. The van der Waals surface area contributed by atoms with Gasteiger partial charge < -0.3 is 5.21 Å². The quantitative estimate of drug-likeness (QED) is 0.505. The van der Waals surface area contributed by atoms with E-state index < -0.39 is 5.82 Å². The third-order valence-electron chi connectivity index (χ3n) is 1.82. The molecule has 0 saturated carbocycles. The van der Waals surface area contributed by atoms with Crippen LogP contribution in [0.4, 0.5) is 4.39 Å². The molecule has 0 aliphatic rings. The predicted octanol–water partition coefficient (Wildman–Crippen LogP) is 1.52. The normalized spacial score (nSPS) is 10.1. The smallest absolute Gasteiger partial charge is 0.278 e. The van der Waals surface area contributed by atoms with E-state index in [2.05, 4.69) is 4.98 Å². The SMILES string of the molecule is [O-][n+]1cccc(F)c1-c1ccccn1. The lowest BCUT2D eigenvalue weighted by Crippen LogP contribution is -2.29. The van der Waals surface area contributed by atoms with Crippen molar-refractivity contribution in [3.8, 4) is 11.4 Å². The van der Waals surface area contributed by atoms with Gasteiger partial charge in [-0.25, -0.2) is 4.98 Å². The molecule has 2 aromatic rings. The molecule has 0 fully saturated rings. The number of aromatic nitrogens is 2. The highest BCUT2D eigenvalue weighted by Gasteiger charge is 2.15. The topological polar surface area (TPSA) is 39.8 Å². The van der Waals surface area contributed by atoms with Crippen LogP contribution in [0.2, 0.25) is 0 Å². The summed E-state index contributed by atoms with van der Waals surface area (Å²) in [5.74, 6) is -0.568. The van der Waals surface area contributed by atoms with Crippen LogP contribution in [0.5, 0.6) is 0 Å². The van der Waals surface area contributed by atoms with Gasteiger partial charge in [0.2, 0.25) is 0 Å². The molecule has 0 aliphatic heterocycles. The van der Waals surface area contributed by atoms with Crippen LogP contribution in [0.15, 0.2) is 42.7 Å². The van der Waals surface area contributed by atoms with Crippen molar-refractivity contribution in [1.82, 2.24) is 4.98 Å². The Kier molecular flexibility index (Phi) is 2.10. The fraction of sp³-hybridized carbons (Fsp3) is 0. The Morgan fingerprint density at radius 3 is 2.71 bits per heavy atom. The van der Waals surface area contributed by atoms with Crippen molar-refractivity contribution in [3.63, 3.8) is 0 Å². The summed E-state index contributed by atoms with van der Waals surface area (Å²) < 4.78 is 13.7. The molecule has 70 valence electrons. The second kappa shape index (κ2) is 3.41. The van der Waals surface area contributed by atoms with Crippen molar-refractivity contribution in [2.24, 2.45) is 0 Å². The van der Waals surface area contributed by atoms with E-state index in [0.717, 1.165) is 0 Å². The Morgan fingerprint density at radius 1 is 1.21 bits per heavy atom. The predicted molar refractivity (Wildman–Crippen MR) is 48.6 cm³/mol. The molecule has 0 saturated heterocycles. The number of hydrogen-bond donors (Lipinski definition) is 0. The molecule has 0 aliphatic carbocycles. The van der Waals surface area contributed by atoms with Crippen molar-refractivity contribution in [2.45, 2.75) is 0 Å². The van der Waals surface area contributed by atoms with Crippen molar-refractivity contribution in [1.29, 1.82) is 0 Å². The zero-order valence-corrected chi connectivity index (χ0v) is 7.22. The Morgan fingerprint density at radius 2 is 2.07 bits per heavy atom. The minimum absolute atomic E-state index is 0.0481. The third-order valence-corrected chi connectivity index (χ3v) is 1.82. The van der Waals surface area contributed by atoms with E-state index in [-0.39, 0.29) is 5.69 Å². The van der Waals surface area contributed by atoms with E-state index in [4.69, 9.17) is 0 Å². The lowest BCUT2D eigenvalue weighted by Gasteiger charge is -2.03. The summed E-state index contributed by atoms with van der Waals surface area (Å²) in [6.07, 6.45) is 2.76. The molecule has 2 heterocycles. The first kappa shape index (κ1) is 8.62. The number of hydrogen-bond acceptors (Lipinski definition) is 2. The summed E-state index contributed by atoms with van der Waals surface area (Å²) >= 11 is 0. The van der Waals surface area contributed by atoms with Crippen molar-refractivity contribution >= 4 is 0 Å². The first-order valence-electron chi connectivity index (χ1n) is 4.08. The first-order valence-corrected chi connectivity index (χ1v) is 4.08. The van der Waals surface area contributed by atoms with Crippen LogP contribution in [-0.2, 0) is 0 Å². The average molecular weight is 190 g/mol. The van der Waals surface area contributed by atoms with Crippen LogP contribution in [0, 0.1) is 11.0 Å². The van der Waals surface area contributed by atoms with E-state index in [1.807, 2.05) is 0 Å². The van der Waals surface area contributed by atoms with Crippen LogP contribution in [0.25, 0.3) is 11.4 Å². The molecule has 14 heavy (non-hydrogen) atoms. The van der Waals surface area contributed by atoms with Gasteiger partial charge >= 0.3 is 0 Å². The summed E-state index contributed by atoms with van der Waals surface area (Å²) in [5, 5.41) is 11.3. The molecular weight excluding hydrogens is 183 g/mol. The molecule has 0 radical (unpaired) electrons. The molecule has 0 aromatic carbocycles. The molecule has 0 spiro atoms. The van der Waals surface area contributed by atoms with Crippen LogP contribution in [0.1, 0.15) is 0 Å². The maximum absolute atomic E-state index is 13.3. The van der Waals surface area contributed by atoms with Gasteiger partial charge in [0, 0.05) is 12.3 Å². The second-order valence-corrected chi connectivity index (χ2v) is 2.75. The maximum Gasteiger partial charge on any atom is 0.278 e. The standard InChI is InChI=1S/C10H7FN2O/c11-8-4-3-7-13(14)10(8)9-5-1-2-6-12-9/h1-7H. The van der Waals surface area contributed by atoms with Crippen molar-refractivity contribution in [3.05, 3.63) is 53.7 Å². The van der Waals surface area contributed by atoms with Gasteiger partial charge in [0.15, 0.2) is 12.0 Å².